The molecule has 1 atom stereocenters. The molecule has 0 saturated carbocycles. The molecule has 150 valence electrons. The Hall–Kier alpha value is -2.62. The Labute approximate surface area is 169 Å². The first-order valence-corrected chi connectivity index (χ1v) is 9.89. The highest BCUT2D eigenvalue weighted by molar-refractivity contribution is 5.88. The van der Waals surface area contributed by atoms with Gasteiger partial charge < -0.3 is 10.2 Å². The largest absolute Gasteiger partial charge is 0.352 e. The molecule has 0 heterocycles. The van der Waals surface area contributed by atoms with E-state index in [0.29, 0.717) is 13.0 Å². The van der Waals surface area contributed by atoms with Gasteiger partial charge in [-0.25, -0.2) is 0 Å². The zero-order chi connectivity index (χ0) is 20.8. The SMILES string of the molecule is Cc1cccc(CN(C(=O)Cc2cc(C)ccc2C)[C@H](C)C(=O)NC(C)C)c1. The predicted molar refractivity (Wildman–Crippen MR) is 114 cm³/mol. The number of nitrogens with one attached hydrogen (secondary N) is 1. The lowest BCUT2D eigenvalue weighted by Gasteiger charge is -2.30. The maximum atomic E-state index is 13.2. The Morgan fingerprint density at radius 1 is 0.964 bits per heavy atom. The Morgan fingerprint density at radius 3 is 2.29 bits per heavy atom. The molecule has 0 aliphatic carbocycles. The first-order chi connectivity index (χ1) is 13.2. The molecule has 0 aromatic heterocycles. The van der Waals surface area contributed by atoms with Gasteiger partial charge in [0.05, 0.1) is 6.42 Å². The van der Waals surface area contributed by atoms with E-state index in [1.807, 2.05) is 65.0 Å². The van der Waals surface area contributed by atoms with Gasteiger partial charge >= 0.3 is 0 Å². The Balaban J connectivity index is 2.29. The maximum absolute atomic E-state index is 13.2. The zero-order valence-corrected chi connectivity index (χ0v) is 17.9. The summed E-state index contributed by atoms with van der Waals surface area (Å²) >= 11 is 0. The zero-order valence-electron chi connectivity index (χ0n) is 17.9. The van der Waals surface area contributed by atoms with Crippen molar-refractivity contribution in [2.45, 2.75) is 66.6 Å². The van der Waals surface area contributed by atoms with Gasteiger partial charge in [-0.2, -0.15) is 0 Å². The van der Waals surface area contributed by atoms with Crippen LogP contribution in [-0.2, 0) is 22.6 Å². The first-order valence-electron chi connectivity index (χ1n) is 9.89. The van der Waals surface area contributed by atoms with Gasteiger partial charge in [-0.1, -0.05) is 53.6 Å². The number of hydrogen-bond donors (Lipinski definition) is 1. The number of amides is 2. The first kappa shape index (κ1) is 21.7. The van der Waals surface area contributed by atoms with Crippen LogP contribution in [0.1, 0.15) is 48.6 Å². The Bertz CT molecular complexity index is 842. The second-order valence-electron chi connectivity index (χ2n) is 7.96. The van der Waals surface area contributed by atoms with Crippen molar-refractivity contribution in [1.82, 2.24) is 10.2 Å². The summed E-state index contributed by atoms with van der Waals surface area (Å²) in [5.41, 5.74) is 5.39. The van der Waals surface area contributed by atoms with Gasteiger partial charge in [-0.15, -0.1) is 0 Å². The molecule has 2 rings (SSSR count). The smallest absolute Gasteiger partial charge is 0.242 e. The molecule has 0 radical (unpaired) electrons. The lowest BCUT2D eigenvalue weighted by atomic mass is 10.0. The number of nitrogens with zero attached hydrogens (tertiary/aromatic N) is 1. The monoisotopic (exact) mass is 380 g/mol. The minimum Gasteiger partial charge on any atom is -0.352 e. The van der Waals surface area contributed by atoms with Crippen molar-refractivity contribution in [2.75, 3.05) is 0 Å². The van der Waals surface area contributed by atoms with Crippen LogP contribution in [0.5, 0.6) is 0 Å². The highest BCUT2D eigenvalue weighted by Crippen LogP contribution is 2.16. The normalized spacial score (nSPS) is 12.0. The van der Waals surface area contributed by atoms with Crippen LogP contribution in [0, 0.1) is 20.8 Å². The van der Waals surface area contributed by atoms with E-state index in [1.54, 1.807) is 11.8 Å². The minimum atomic E-state index is -0.541. The molecule has 0 fully saturated rings. The lowest BCUT2D eigenvalue weighted by Crippen LogP contribution is -2.49. The van der Waals surface area contributed by atoms with Crippen LogP contribution < -0.4 is 5.32 Å². The van der Waals surface area contributed by atoms with Gasteiger partial charge in [0.1, 0.15) is 6.04 Å². The van der Waals surface area contributed by atoms with Crippen molar-refractivity contribution in [3.63, 3.8) is 0 Å². The van der Waals surface area contributed by atoms with Crippen LogP contribution >= 0.6 is 0 Å². The van der Waals surface area contributed by atoms with E-state index >= 15 is 0 Å². The van der Waals surface area contributed by atoms with Gasteiger partial charge in [-0.05, 0) is 58.2 Å². The minimum absolute atomic E-state index is 0.0323. The van der Waals surface area contributed by atoms with Crippen molar-refractivity contribution in [3.8, 4) is 0 Å². The van der Waals surface area contributed by atoms with E-state index in [0.717, 1.165) is 27.8 Å². The van der Waals surface area contributed by atoms with E-state index in [9.17, 15) is 9.59 Å². The van der Waals surface area contributed by atoms with Gasteiger partial charge in [0.25, 0.3) is 0 Å². The molecule has 4 nitrogen and oxygen atoms in total. The topological polar surface area (TPSA) is 49.4 Å². The Morgan fingerprint density at radius 2 is 1.64 bits per heavy atom. The van der Waals surface area contributed by atoms with E-state index in [1.165, 1.54) is 0 Å². The molecule has 1 N–H and O–H groups in total. The van der Waals surface area contributed by atoms with Gasteiger partial charge in [-0.3, -0.25) is 9.59 Å². The van der Waals surface area contributed by atoms with Gasteiger partial charge in [0, 0.05) is 12.6 Å². The fraction of sp³-hybridized carbons (Fsp3) is 0.417. The second-order valence-corrected chi connectivity index (χ2v) is 7.96. The van der Waals surface area contributed by atoms with Crippen LogP contribution in [0.25, 0.3) is 0 Å². The molecule has 2 aromatic carbocycles. The van der Waals surface area contributed by atoms with Crippen LogP contribution in [0.15, 0.2) is 42.5 Å². The third-order valence-electron chi connectivity index (χ3n) is 4.88. The van der Waals surface area contributed by atoms with Crippen molar-refractivity contribution in [1.29, 1.82) is 0 Å². The lowest BCUT2D eigenvalue weighted by molar-refractivity contribution is -0.140. The number of rotatable bonds is 7. The maximum Gasteiger partial charge on any atom is 0.242 e. The highest BCUT2D eigenvalue weighted by atomic mass is 16.2. The third-order valence-corrected chi connectivity index (χ3v) is 4.88. The van der Waals surface area contributed by atoms with Gasteiger partial charge in [0.15, 0.2) is 0 Å². The molecule has 2 aromatic rings. The number of hydrogen-bond acceptors (Lipinski definition) is 2. The molecule has 0 unspecified atom stereocenters. The van der Waals surface area contributed by atoms with Crippen LogP contribution in [0.4, 0.5) is 0 Å². The van der Waals surface area contributed by atoms with Crippen LogP contribution in [0.3, 0.4) is 0 Å². The molecule has 2 amide bonds. The molecule has 28 heavy (non-hydrogen) atoms. The quantitative estimate of drug-likeness (QED) is 0.786. The van der Waals surface area contributed by atoms with Crippen molar-refractivity contribution < 1.29 is 9.59 Å². The second kappa shape index (κ2) is 9.54. The van der Waals surface area contributed by atoms with E-state index in [4.69, 9.17) is 0 Å². The average molecular weight is 381 g/mol. The average Bonchev–Trinajstić information content (AvgIpc) is 2.61. The van der Waals surface area contributed by atoms with E-state index in [-0.39, 0.29) is 17.9 Å². The molecule has 0 saturated heterocycles. The number of aryl methyl sites for hydroxylation is 3. The summed E-state index contributed by atoms with van der Waals surface area (Å²) in [7, 11) is 0. The summed E-state index contributed by atoms with van der Waals surface area (Å²) in [6.07, 6.45) is 0.290. The highest BCUT2D eigenvalue weighted by Gasteiger charge is 2.26. The summed E-state index contributed by atoms with van der Waals surface area (Å²) in [4.78, 5) is 27.6. The molecule has 4 heteroatoms. The third kappa shape index (κ3) is 5.95. The van der Waals surface area contributed by atoms with Gasteiger partial charge in [0.2, 0.25) is 11.8 Å². The number of carbonyl (C=O) groups is 2. The van der Waals surface area contributed by atoms with Crippen molar-refractivity contribution in [3.05, 3.63) is 70.3 Å². The molecular weight excluding hydrogens is 348 g/mol. The number of benzene rings is 2. The summed E-state index contributed by atoms with van der Waals surface area (Å²) in [5, 5.41) is 2.93. The Kier molecular flexibility index (Phi) is 7.38. The summed E-state index contributed by atoms with van der Waals surface area (Å²) in [5.74, 6) is -0.168. The fourth-order valence-electron chi connectivity index (χ4n) is 3.25. The van der Waals surface area contributed by atoms with Crippen molar-refractivity contribution in [2.24, 2.45) is 0 Å². The molecule has 0 bridgehead atoms. The molecular formula is C24H32N2O2. The van der Waals surface area contributed by atoms with E-state index in [2.05, 4.69) is 17.4 Å². The molecule has 0 aliphatic heterocycles. The van der Waals surface area contributed by atoms with Crippen molar-refractivity contribution >= 4 is 11.8 Å². The summed E-state index contributed by atoms with van der Waals surface area (Å²) in [6.45, 7) is 12.1. The molecule has 0 spiro atoms. The molecule has 0 aliphatic rings. The van der Waals surface area contributed by atoms with E-state index < -0.39 is 6.04 Å². The fourth-order valence-corrected chi connectivity index (χ4v) is 3.25. The summed E-state index contributed by atoms with van der Waals surface area (Å²) in [6, 6.07) is 13.7. The standard InChI is InChI=1S/C24H32N2O2/c1-16(2)25-24(28)20(6)26(15-21-9-7-8-17(3)12-21)23(27)14-22-13-18(4)10-11-19(22)5/h7-13,16,20H,14-15H2,1-6H3,(H,25,28)/t20-/m1/s1. The predicted octanol–water partition coefficient (Wildman–Crippen LogP) is 4.10. The summed E-state index contributed by atoms with van der Waals surface area (Å²) < 4.78 is 0. The van der Waals surface area contributed by atoms with Crippen LogP contribution in [-0.4, -0.2) is 28.8 Å². The number of carbonyl (C=O) groups excluding carboxylic acids is 2. The van der Waals surface area contributed by atoms with Crippen LogP contribution in [0.2, 0.25) is 0 Å².